The van der Waals surface area contributed by atoms with Gasteiger partial charge in [-0.3, -0.25) is 0 Å². The fourth-order valence-corrected chi connectivity index (χ4v) is 2.87. The van der Waals surface area contributed by atoms with Crippen molar-refractivity contribution in [2.45, 2.75) is 13.8 Å². The lowest BCUT2D eigenvalue weighted by molar-refractivity contribution is 0.415. The van der Waals surface area contributed by atoms with Gasteiger partial charge in [0.15, 0.2) is 0 Å². The summed E-state index contributed by atoms with van der Waals surface area (Å²) in [7, 11) is 1.65. The van der Waals surface area contributed by atoms with Crippen LogP contribution >= 0.6 is 15.9 Å². The Balaban J connectivity index is 1.82. The average molecular weight is 399 g/mol. The SMILES string of the molecule is COc1ccc(Nc2cc(C)nc(Nc3ccc(Br)cc3C)n2)cc1. The van der Waals surface area contributed by atoms with E-state index >= 15 is 0 Å². The van der Waals surface area contributed by atoms with E-state index < -0.39 is 0 Å². The first-order valence-corrected chi connectivity index (χ1v) is 8.63. The first-order valence-electron chi connectivity index (χ1n) is 7.83. The Labute approximate surface area is 155 Å². The molecular formula is C19H19BrN4O. The third-order valence-electron chi connectivity index (χ3n) is 3.65. The molecule has 0 saturated carbocycles. The molecule has 0 aliphatic carbocycles. The van der Waals surface area contributed by atoms with Crippen LogP contribution in [0.15, 0.2) is 53.0 Å². The maximum absolute atomic E-state index is 5.18. The van der Waals surface area contributed by atoms with E-state index in [1.807, 2.05) is 56.3 Å². The zero-order valence-corrected chi connectivity index (χ0v) is 15.9. The normalized spacial score (nSPS) is 10.4. The Kier molecular flexibility index (Phi) is 5.19. The van der Waals surface area contributed by atoms with Crippen LogP contribution in [-0.4, -0.2) is 17.1 Å². The predicted molar refractivity (Wildman–Crippen MR) is 105 cm³/mol. The van der Waals surface area contributed by atoms with E-state index in [2.05, 4.69) is 42.6 Å². The molecule has 5 nitrogen and oxygen atoms in total. The Morgan fingerprint density at radius 1 is 0.920 bits per heavy atom. The number of hydrogen-bond donors (Lipinski definition) is 2. The molecule has 2 aromatic carbocycles. The number of aromatic nitrogens is 2. The number of rotatable bonds is 5. The lowest BCUT2D eigenvalue weighted by Crippen LogP contribution is -2.03. The van der Waals surface area contributed by atoms with Crippen LogP contribution in [0.3, 0.4) is 0 Å². The van der Waals surface area contributed by atoms with Gasteiger partial charge in [-0.1, -0.05) is 15.9 Å². The molecule has 0 bridgehead atoms. The van der Waals surface area contributed by atoms with Crippen molar-refractivity contribution in [3.05, 3.63) is 64.3 Å². The van der Waals surface area contributed by atoms with Gasteiger partial charge >= 0.3 is 0 Å². The number of ether oxygens (including phenoxy) is 1. The molecule has 2 N–H and O–H groups in total. The molecule has 3 aromatic rings. The monoisotopic (exact) mass is 398 g/mol. The highest BCUT2D eigenvalue weighted by Gasteiger charge is 2.06. The van der Waals surface area contributed by atoms with Gasteiger partial charge in [0.2, 0.25) is 5.95 Å². The van der Waals surface area contributed by atoms with Crippen LogP contribution in [0, 0.1) is 13.8 Å². The van der Waals surface area contributed by atoms with Crippen LogP contribution < -0.4 is 15.4 Å². The minimum Gasteiger partial charge on any atom is -0.497 e. The van der Waals surface area contributed by atoms with Gasteiger partial charge in [-0.05, 0) is 61.9 Å². The Bertz CT molecular complexity index is 881. The fraction of sp³-hybridized carbons (Fsp3) is 0.158. The maximum Gasteiger partial charge on any atom is 0.229 e. The van der Waals surface area contributed by atoms with Gasteiger partial charge in [0, 0.05) is 27.6 Å². The third kappa shape index (κ3) is 4.48. The second-order valence-electron chi connectivity index (χ2n) is 5.66. The summed E-state index contributed by atoms with van der Waals surface area (Å²) in [6, 6.07) is 15.6. The molecule has 0 aliphatic rings. The largest absolute Gasteiger partial charge is 0.497 e. The van der Waals surface area contributed by atoms with Gasteiger partial charge in [0.1, 0.15) is 11.6 Å². The number of hydrogen-bond acceptors (Lipinski definition) is 5. The zero-order chi connectivity index (χ0) is 17.8. The lowest BCUT2D eigenvalue weighted by Gasteiger charge is -2.12. The summed E-state index contributed by atoms with van der Waals surface area (Å²) in [5, 5.41) is 6.57. The molecule has 0 amide bonds. The molecule has 0 aliphatic heterocycles. The molecule has 0 unspecified atom stereocenters. The van der Waals surface area contributed by atoms with Gasteiger partial charge in [0.05, 0.1) is 7.11 Å². The van der Waals surface area contributed by atoms with Crippen molar-refractivity contribution in [3.63, 3.8) is 0 Å². The van der Waals surface area contributed by atoms with E-state index in [0.717, 1.165) is 38.7 Å². The summed E-state index contributed by atoms with van der Waals surface area (Å²) in [5.41, 5.74) is 3.90. The molecule has 0 radical (unpaired) electrons. The van der Waals surface area contributed by atoms with E-state index in [1.54, 1.807) is 7.11 Å². The molecule has 1 heterocycles. The quantitative estimate of drug-likeness (QED) is 0.606. The number of aryl methyl sites for hydroxylation is 2. The topological polar surface area (TPSA) is 59.1 Å². The minimum atomic E-state index is 0.557. The van der Waals surface area contributed by atoms with Crippen molar-refractivity contribution in [2.24, 2.45) is 0 Å². The first kappa shape index (κ1) is 17.2. The maximum atomic E-state index is 5.18. The summed E-state index contributed by atoms with van der Waals surface area (Å²) in [4.78, 5) is 9.02. The Morgan fingerprint density at radius 3 is 2.36 bits per heavy atom. The van der Waals surface area contributed by atoms with Crippen molar-refractivity contribution in [3.8, 4) is 5.75 Å². The highest BCUT2D eigenvalue weighted by Crippen LogP contribution is 2.24. The van der Waals surface area contributed by atoms with Crippen LogP contribution in [-0.2, 0) is 0 Å². The fourth-order valence-electron chi connectivity index (χ4n) is 2.40. The second-order valence-corrected chi connectivity index (χ2v) is 6.57. The molecule has 0 fully saturated rings. The highest BCUT2D eigenvalue weighted by atomic mass is 79.9. The summed E-state index contributed by atoms with van der Waals surface area (Å²) in [5.74, 6) is 2.11. The molecular weight excluding hydrogens is 380 g/mol. The van der Waals surface area contributed by atoms with Crippen LogP contribution in [0.5, 0.6) is 5.75 Å². The zero-order valence-electron chi connectivity index (χ0n) is 14.3. The van der Waals surface area contributed by atoms with Gasteiger partial charge < -0.3 is 15.4 Å². The van der Waals surface area contributed by atoms with Crippen LogP contribution in [0.2, 0.25) is 0 Å². The van der Waals surface area contributed by atoms with Crippen molar-refractivity contribution in [1.82, 2.24) is 9.97 Å². The smallest absolute Gasteiger partial charge is 0.229 e. The molecule has 1 aromatic heterocycles. The number of benzene rings is 2. The average Bonchev–Trinajstić information content (AvgIpc) is 2.58. The molecule has 6 heteroatoms. The second kappa shape index (κ2) is 7.53. The number of nitrogens with zero attached hydrogens (tertiary/aromatic N) is 2. The molecule has 0 saturated heterocycles. The Hall–Kier alpha value is -2.60. The van der Waals surface area contributed by atoms with Crippen LogP contribution in [0.25, 0.3) is 0 Å². The van der Waals surface area contributed by atoms with Gasteiger partial charge in [0.25, 0.3) is 0 Å². The van der Waals surface area contributed by atoms with E-state index in [0.29, 0.717) is 5.95 Å². The summed E-state index contributed by atoms with van der Waals surface area (Å²) in [6.45, 7) is 3.99. The third-order valence-corrected chi connectivity index (χ3v) is 4.14. The van der Waals surface area contributed by atoms with Crippen LogP contribution in [0.1, 0.15) is 11.3 Å². The molecule has 0 spiro atoms. The molecule has 128 valence electrons. The van der Waals surface area contributed by atoms with Crippen molar-refractivity contribution in [2.75, 3.05) is 17.7 Å². The summed E-state index contributed by atoms with van der Waals surface area (Å²) >= 11 is 3.47. The molecule has 0 atom stereocenters. The number of methoxy groups -OCH3 is 1. The number of anilines is 4. The van der Waals surface area contributed by atoms with E-state index in [1.165, 1.54) is 0 Å². The summed E-state index contributed by atoms with van der Waals surface area (Å²) < 4.78 is 6.22. The Morgan fingerprint density at radius 2 is 1.68 bits per heavy atom. The number of halogens is 1. The van der Waals surface area contributed by atoms with Crippen molar-refractivity contribution < 1.29 is 4.74 Å². The predicted octanol–water partition coefficient (Wildman–Crippen LogP) is 5.35. The first-order chi connectivity index (χ1) is 12.0. The standard InChI is InChI=1S/C19H19BrN4O/c1-12-10-14(20)4-9-17(12)23-19-21-13(2)11-18(24-19)22-15-5-7-16(25-3)8-6-15/h4-11H,1-3H3,(H2,21,22,23,24). The lowest BCUT2D eigenvalue weighted by atomic mass is 10.2. The van der Waals surface area contributed by atoms with Gasteiger partial charge in [-0.2, -0.15) is 4.98 Å². The van der Waals surface area contributed by atoms with E-state index in [-0.39, 0.29) is 0 Å². The molecule has 25 heavy (non-hydrogen) atoms. The summed E-state index contributed by atoms with van der Waals surface area (Å²) in [6.07, 6.45) is 0. The number of nitrogens with one attached hydrogen (secondary N) is 2. The van der Waals surface area contributed by atoms with E-state index in [4.69, 9.17) is 4.74 Å². The van der Waals surface area contributed by atoms with Crippen molar-refractivity contribution >= 4 is 39.1 Å². The van der Waals surface area contributed by atoms with Gasteiger partial charge in [-0.25, -0.2) is 4.98 Å². The van der Waals surface area contributed by atoms with Gasteiger partial charge in [-0.15, -0.1) is 0 Å². The van der Waals surface area contributed by atoms with Crippen LogP contribution in [0.4, 0.5) is 23.1 Å². The van der Waals surface area contributed by atoms with E-state index in [9.17, 15) is 0 Å². The molecule has 3 rings (SSSR count). The van der Waals surface area contributed by atoms with Crippen molar-refractivity contribution in [1.29, 1.82) is 0 Å². The highest BCUT2D eigenvalue weighted by molar-refractivity contribution is 9.10. The minimum absolute atomic E-state index is 0.557.